The Morgan fingerprint density at radius 3 is 2.16 bits per heavy atom. The molecule has 3 rings (SSSR count). The maximum atomic E-state index is 13.8. The van der Waals surface area contributed by atoms with Crippen LogP contribution < -0.4 is 14.4 Å². The fraction of sp³-hybridized carbons (Fsp3) is 0.286. The number of rotatable bonds is 11. The Kier molecular flexibility index (Phi) is 9.30. The molecule has 0 fully saturated rings. The highest BCUT2D eigenvalue weighted by Crippen LogP contribution is 2.27. The van der Waals surface area contributed by atoms with Crippen LogP contribution in [0.3, 0.4) is 0 Å². The van der Waals surface area contributed by atoms with Gasteiger partial charge in [-0.2, -0.15) is 0 Å². The van der Waals surface area contributed by atoms with Crippen molar-refractivity contribution in [1.82, 2.24) is 10.2 Å². The number of anilines is 1. The average molecular weight is 524 g/mol. The Hall–Kier alpha value is -3.85. The van der Waals surface area contributed by atoms with Crippen LogP contribution in [0.2, 0.25) is 0 Å². The first-order chi connectivity index (χ1) is 17.7. The zero-order valence-electron chi connectivity index (χ0n) is 21.5. The van der Waals surface area contributed by atoms with E-state index in [0.29, 0.717) is 23.5 Å². The molecule has 3 aromatic rings. The largest absolute Gasteiger partial charge is 0.497 e. The third kappa shape index (κ3) is 6.68. The van der Waals surface area contributed by atoms with E-state index in [1.165, 1.54) is 17.0 Å². The van der Waals surface area contributed by atoms with Gasteiger partial charge in [0.25, 0.3) is 10.0 Å². The van der Waals surface area contributed by atoms with E-state index in [2.05, 4.69) is 5.32 Å². The SMILES string of the molecule is CCNC(=O)C(C)N(Cc1ccc(OC)cc1)C(=O)CN(c1ccccc1C)S(=O)(=O)c1ccccc1. The number of sulfonamides is 1. The van der Waals surface area contributed by atoms with E-state index in [-0.39, 0.29) is 17.3 Å². The summed E-state index contributed by atoms with van der Waals surface area (Å²) >= 11 is 0. The number of likely N-dealkylation sites (N-methyl/N-ethyl adjacent to an activating group) is 1. The molecule has 0 heterocycles. The third-order valence-electron chi connectivity index (χ3n) is 6.02. The second-order valence-electron chi connectivity index (χ2n) is 8.55. The number of ether oxygens (including phenoxy) is 1. The molecule has 196 valence electrons. The summed E-state index contributed by atoms with van der Waals surface area (Å²) in [6.07, 6.45) is 0. The van der Waals surface area contributed by atoms with Crippen LogP contribution in [0.15, 0.2) is 83.8 Å². The first-order valence-electron chi connectivity index (χ1n) is 12.0. The predicted octanol–water partition coefficient (Wildman–Crippen LogP) is 3.75. The van der Waals surface area contributed by atoms with Crippen LogP contribution >= 0.6 is 0 Å². The van der Waals surface area contributed by atoms with Crippen LogP contribution in [0.1, 0.15) is 25.0 Å². The Morgan fingerprint density at radius 2 is 1.57 bits per heavy atom. The van der Waals surface area contributed by atoms with Gasteiger partial charge < -0.3 is 15.0 Å². The van der Waals surface area contributed by atoms with Crippen LogP contribution in [-0.2, 0) is 26.2 Å². The fourth-order valence-electron chi connectivity index (χ4n) is 3.91. The van der Waals surface area contributed by atoms with E-state index < -0.39 is 28.5 Å². The zero-order valence-corrected chi connectivity index (χ0v) is 22.4. The minimum atomic E-state index is -4.07. The number of amides is 2. The van der Waals surface area contributed by atoms with Crippen molar-refractivity contribution >= 4 is 27.5 Å². The summed E-state index contributed by atoms with van der Waals surface area (Å²) in [6, 6.07) is 21.3. The van der Waals surface area contributed by atoms with Crippen molar-refractivity contribution in [3.05, 3.63) is 90.0 Å². The Morgan fingerprint density at radius 1 is 0.946 bits per heavy atom. The smallest absolute Gasteiger partial charge is 0.264 e. The number of carbonyl (C=O) groups excluding carboxylic acids is 2. The van der Waals surface area contributed by atoms with Crippen molar-refractivity contribution in [2.45, 2.75) is 38.3 Å². The van der Waals surface area contributed by atoms with Crippen molar-refractivity contribution in [1.29, 1.82) is 0 Å². The minimum absolute atomic E-state index is 0.0736. The summed E-state index contributed by atoms with van der Waals surface area (Å²) in [6.45, 7) is 5.28. The molecule has 0 saturated carbocycles. The number of hydrogen-bond donors (Lipinski definition) is 1. The molecule has 0 saturated heterocycles. The van der Waals surface area contributed by atoms with Crippen molar-refractivity contribution < 1.29 is 22.7 Å². The molecule has 2 amide bonds. The monoisotopic (exact) mass is 523 g/mol. The number of para-hydroxylation sites is 1. The fourth-order valence-corrected chi connectivity index (χ4v) is 5.41. The van der Waals surface area contributed by atoms with Gasteiger partial charge in [0.1, 0.15) is 18.3 Å². The molecule has 0 spiro atoms. The van der Waals surface area contributed by atoms with E-state index in [4.69, 9.17) is 4.74 Å². The Bertz CT molecular complexity index is 1310. The molecule has 1 atom stereocenters. The van der Waals surface area contributed by atoms with Crippen molar-refractivity contribution in [3.63, 3.8) is 0 Å². The van der Waals surface area contributed by atoms with Gasteiger partial charge in [-0.15, -0.1) is 0 Å². The lowest BCUT2D eigenvalue weighted by atomic mass is 10.1. The normalized spacial score (nSPS) is 11.9. The molecular formula is C28H33N3O5S. The average Bonchev–Trinajstić information content (AvgIpc) is 2.91. The maximum Gasteiger partial charge on any atom is 0.264 e. The number of aryl methyl sites for hydroxylation is 1. The second-order valence-corrected chi connectivity index (χ2v) is 10.4. The van der Waals surface area contributed by atoms with Gasteiger partial charge >= 0.3 is 0 Å². The summed E-state index contributed by atoms with van der Waals surface area (Å²) in [5.41, 5.74) is 1.88. The molecule has 0 bridgehead atoms. The van der Waals surface area contributed by atoms with Gasteiger partial charge in [0, 0.05) is 13.1 Å². The topological polar surface area (TPSA) is 96.0 Å². The molecule has 9 heteroatoms. The van der Waals surface area contributed by atoms with Gasteiger partial charge in [-0.25, -0.2) is 8.42 Å². The highest BCUT2D eigenvalue weighted by molar-refractivity contribution is 7.92. The molecular weight excluding hydrogens is 490 g/mol. The molecule has 0 aliphatic rings. The van der Waals surface area contributed by atoms with Crippen LogP contribution in [0, 0.1) is 6.92 Å². The Balaban J connectivity index is 2.01. The first-order valence-corrected chi connectivity index (χ1v) is 13.5. The maximum absolute atomic E-state index is 13.8. The number of carbonyl (C=O) groups is 2. The van der Waals surface area contributed by atoms with Gasteiger partial charge in [-0.1, -0.05) is 48.5 Å². The lowest BCUT2D eigenvalue weighted by molar-refractivity contribution is -0.139. The molecule has 37 heavy (non-hydrogen) atoms. The van der Waals surface area contributed by atoms with Gasteiger partial charge in [-0.3, -0.25) is 13.9 Å². The molecule has 3 aromatic carbocycles. The zero-order chi connectivity index (χ0) is 27.0. The summed E-state index contributed by atoms with van der Waals surface area (Å²) in [5, 5.41) is 2.75. The molecule has 1 N–H and O–H groups in total. The Labute approximate surface area is 218 Å². The van der Waals surface area contributed by atoms with Crippen LogP contribution in [-0.4, -0.2) is 51.4 Å². The van der Waals surface area contributed by atoms with Crippen molar-refractivity contribution in [2.75, 3.05) is 24.5 Å². The molecule has 1 unspecified atom stereocenters. The third-order valence-corrected chi connectivity index (χ3v) is 7.80. The highest BCUT2D eigenvalue weighted by atomic mass is 32.2. The van der Waals surface area contributed by atoms with Gasteiger partial charge in [-0.05, 0) is 62.2 Å². The molecule has 0 aliphatic carbocycles. The predicted molar refractivity (Wildman–Crippen MR) is 144 cm³/mol. The van der Waals surface area contributed by atoms with Crippen LogP contribution in [0.25, 0.3) is 0 Å². The summed E-state index contributed by atoms with van der Waals surface area (Å²) in [5.74, 6) is -0.159. The molecule has 0 aromatic heterocycles. The van der Waals surface area contributed by atoms with E-state index in [9.17, 15) is 18.0 Å². The van der Waals surface area contributed by atoms with Gasteiger partial charge in [0.05, 0.1) is 17.7 Å². The second kappa shape index (κ2) is 12.4. The van der Waals surface area contributed by atoms with Gasteiger partial charge in [0.15, 0.2) is 0 Å². The number of nitrogens with zero attached hydrogens (tertiary/aromatic N) is 2. The number of nitrogens with one attached hydrogen (secondary N) is 1. The molecule has 8 nitrogen and oxygen atoms in total. The number of hydrogen-bond acceptors (Lipinski definition) is 5. The lowest BCUT2D eigenvalue weighted by Crippen LogP contribution is -2.51. The standard InChI is InChI=1S/C28H33N3O5S/c1-5-29-28(33)22(3)30(19-23-15-17-24(36-4)18-16-23)27(32)20-31(26-14-10-9-11-21(26)2)37(34,35)25-12-7-6-8-13-25/h6-18,22H,5,19-20H2,1-4H3,(H,29,33). The summed E-state index contributed by atoms with van der Waals surface area (Å²) < 4.78 is 33.8. The van der Waals surface area contributed by atoms with Crippen molar-refractivity contribution in [2.24, 2.45) is 0 Å². The van der Waals surface area contributed by atoms with Gasteiger partial charge in [0.2, 0.25) is 11.8 Å². The highest BCUT2D eigenvalue weighted by Gasteiger charge is 2.32. The number of methoxy groups -OCH3 is 1. The minimum Gasteiger partial charge on any atom is -0.497 e. The van der Waals surface area contributed by atoms with E-state index in [1.807, 2.05) is 12.1 Å². The van der Waals surface area contributed by atoms with E-state index in [1.54, 1.807) is 82.5 Å². The summed E-state index contributed by atoms with van der Waals surface area (Å²) in [7, 11) is -2.51. The van der Waals surface area contributed by atoms with E-state index in [0.717, 1.165) is 9.87 Å². The summed E-state index contributed by atoms with van der Waals surface area (Å²) in [4.78, 5) is 28.0. The number of benzene rings is 3. The lowest BCUT2D eigenvalue weighted by Gasteiger charge is -2.32. The first kappa shape index (κ1) is 27.7. The quantitative estimate of drug-likeness (QED) is 0.413. The molecule has 0 radical (unpaired) electrons. The van der Waals surface area contributed by atoms with Crippen LogP contribution in [0.4, 0.5) is 5.69 Å². The molecule has 0 aliphatic heterocycles. The van der Waals surface area contributed by atoms with Crippen LogP contribution in [0.5, 0.6) is 5.75 Å². The van der Waals surface area contributed by atoms with Crippen molar-refractivity contribution in [3.8, 4) is 5.75 Å². The van der Waals surface area contributed by atoms with E-state index >= 15 is 0 Å².